The number of nitrogens with one attached hydrogen (secondary N) is 1. The zero-order chi connectivity index (χ0) is 16.9. The maximum Gasteiger partial charge on any atom is 0.222 e. The Morgan fingerprint density at radius 2 is 2.00 bits per heavy atom. The summed E-state index contributed by atoms with van der Waals surface area (Å²) in [4.78, 5) is 10.8. The number of fused-ring (bicyclic) bond motifs is 2. The molecular weight excluding hydrogens is 326 g/mol. The van der Waals surface area contributed by atoms with E-state index >= 15 is 0 Å². The number of aromatic nitrogens is 2. The molecule has 1 aromatic heterocycles. The largest absolute Gasteiger partial charge is 0.368 e. The van der Waals surface area contributed by atoms with Gasteiger partial charge in [0.1, 0.15) is 4.90 Å². The van der Waals surface area contributed by atoms with Gasteiger partial charge in [0.25, 0.3) is 0 Å². The first-order valence-electron chi connectivity index (χ1n) is 7.86. The summed E-state index contributed by atoms with van der Waals surface area (Å²) in [6, 6.07) is 9.85. The van der Waals surface area contributed by atoms with Gasteiger partial charge in [-0.3, -0.25) is 0 Å². The first-order chi connectivity index (χ1) is 11.4. The van der Waals surface area contributed by atoms with E-state index in [1.807, 2.05) is 30.3 Å². The molecule has 0 spiro atoms. The third kappa shape index (κ3) is 2.51. The van der Waals surface area contributed by atoms with Crippen molar-refractivity contribution in [3.63, 3.8) is 0 Å². The van der Waals surface area contributed by atoms with Crippen molar-refractivity contribution in [2.75, 3.05) is 30.0 Å². The van der Waals surface area contributed by atoms with Gasteiger partial charge in [0.05, 0.1) is 5.69 Å². The predicted molar refractivity (Wildman–Crippen MR) is 92.5 cm³/mol. The topological polar surface area (TPSA) is 101 Å². The van der Waals surface area contributed by atoms with E-state index in [4.69, 9.17) is 5.73 Å². The zero-order valence-electron chi connectivity index (χ0n) is 13.3. The summed E-state index contributed by atoms with van der Waals surface area (Å²) in [6.45, 7) is 1.57. The first kappa shape index (κ1) is 15.3. The van der Waals surface area contributed by atoms with Gasteiger partial charge in [-0.25, -0.2) is 13.4 Å². The fourth-order valence-corrected chi connectivity index (χ4v) is 4.61. The minimum Gasteiger partial charge on any atom is -0.368 e. The molecule has 0 amide bonds. The SMILES string of the molecule is CS(=O)(=O)c1c(-c2ccccc2)nc(N)nc1N1CC2CC1CN2. The molecule has 3 heterocycles. The summed E-state index contributed by atoms with van der Waals surface area (Å²) in [7, 11) is -3.53. The molecule has 0 saturated carbocycles. The predicted octanol–water partition coefficient (Wildman–Crippen LogP) is 0.680. The number of benzene rings is 1. The standard InChI is InChI=1S/C16H19N5O2S/c1-24(22,23)14-13(10-5-3-2-4-6-10)19-16(17)20-15(14)21-9-11-7-12(21)8-18-11/h2-6,11-12,18H,7-9H2,1H3,(H2,17,19,20). The van der Waals surface area contributed by atoms with Gasteiger partial charge in [-0.05, 0) is 6.42 Å². The van der Waals surface area contributed by atoms with Gasteiger partial charge in [-0.1, -0.05) is 30.3 Å². The van der Waals surface area contributed by atoms with Crippen LogP contribution in [0.2, 0.25) is 0 Å². The van der Waals surface area contributed by atoms with E-state index in [1.54, 1.807) is 0 Å². The zero-order valence-corrected chi connectivity index (χ0v) is 14.1. The van der Waals surface area contributed by atoms with Crippen LogP contribution in [0.25, 0.3) is 11.3 Å². The monoisotopic (exact) mass is 345 g/mol. The highest BCUT2D eigenvalue weighted by Gasteiger charge is 2.41. The highest BCUT2D eigenvalue weighted by Crippen LogP contribution is 2.37. The normalized spacial score (nSPS) is 23.0. The molecule has 2 aliphatic rings. The van der Waals surface area contributed by atoms with Crippen molar-refractivity contribution in [2.45, 2.75) is 23.4 Å². The Balaban J connectivity index is 1.95. The second-order valence-electron chi connectivity index (χ2n) is 6.37. The molecule has 2 unspecified atom stereocenters. The molecule has 2 aromatic rings. The maximum absolute atomic E-state index is 12.6. The van der Waals surface area contributed by atoms with E-state index in [0.29, 0.717) is 17.6 Å². The molecular formula is C16H19N5O2S. The van der Waals surface area contributed by atoms with E-state index < -0.39 is 9.84 Å². The molecule has 2 aliphatic heterocycles. The van der Waals surface area contributed by atoms with Gasteiger partial charge in [-0.15, -0.1) is 0 Å². The Morgan fingerprint density at radius 1 is 1.25 bits per heavy atom. The van der Waals surface area contributed by atoms with E-state index in [2.05, 4.69) is 20.2 Å². The van der Waals surface area contributed by atoms with Crippen molar-refractivity contribution < 1.29 is 8.42 Å². The molecule has 24 heavy (non-hydrogen) atoms. The molecule has 0 radical (unpaired) electrons. The van der Waals surface area contributed by atoms with Crippen LogP contribution in [0.3, 0.4) is 0 Å². The van der Waals surface area contributed by atoms with E-state index in [9.17, 15) is 8.42 Å². The number of hydrogen-bond acceptors (Lipinski definition) is 7. The van der Waals surface area contributed by atoms with E-state index in [1.165, 1.54) is 6.26 Å². The van der Waals surface area contributed by atoms with Crippen molar-refractivity contribution in [3.05, 3.63) is 30.3 Å². The van der Waals surface area contributed by atoms with Crippen molar-refractivity contribution in [3.8, 4) is 11.3 Å². The van der Waals surface area contributed by atoms with Crippen LogP contribution in [0.4, 0.5) is 11.8 Å². The average molecular weight is 345 g/mol. The smallest absolute Gasteiger partial charge is 0.222 e. The summed E-state index contributed by atoms with van der Waals surface area (Å²) in [5.41, 5.74) is 7.01. The van der Waals surface area contributed by atoms with Gasteiger partial charge in [0.15, 0.2) is 15.7 Å². The molecule has 2 fully saturated rings. The second-order valence-corrected chi connectivity index (χ2v) is 8.32. The molecule has 126 valence electrons. The summed E-state index contributed by atoms with van der Waals surface area (Å²) < 4.78 is 25.1. The van der Waals surface area contributed by atoms with Crippen LogP contribution in [0.1, 0.15) is 6.42 Å². The Labute approximate surface area is 140 Å². The fraction of sp³-hybridized carbons (Fsp3) is 0.375. The van der Waals surface area contributed by atoms with Crippen LogP contribution < -0.4 is 16.0 Å². The lowest BCUT2D eigenvalue weighted by molar-refractivity contribution is 0.570. The Hall–Kier alpha value is -2.19. The highest BCUT2D eigenvalue weighted by molar-refractivity contribution is 7.91. The van der Waals surface area contributed by atoms with E-state index in [0.717, 1.165) is 25.1 Å². The number of nitrogens with zero attached hydrogens (tertiary/aromatic N) is 3. The lowest BCUT2D eigenvalue weighted by atomic mass is 10.1. The van der Waals surface area contributed by atoms with Gasteiger partial charge >= 0.3 is 0 Å². The van der Waals surface area contributed by atoms with Gasteiger partial charge in [0, 0.05) is 37.0 Å². The fourth-order valence-electron chi connectivity index (χ4n) is 3.60. The van der Waals surface area contributed by atoms with Crippen LogP contribution >= 0.6 is 0 Å². The number of sulfone groups is 1. The summed E-state index contributed by atoms with van der Waals surface area (Å²) in [5, 5.41) is 3.41. The van der Waals surface area contributed by atoms with Gasteiger partial charge < -0.3 is 16.0 Å². The van der Waals surface area contributed by atoms with Crippen molar-refractivity contribution in [2.24, 2.45) is 0 Å². The number of nitrogen functional groups attached to an aromatic ring is 1. The molecule has 2 atom stereocenters. The second kappa shape index (κ2) is 5.42. The number of anilines is 2. The van der Waals surface area contributed by atoms with Crippen LogP contribution in [0.15, 0.2) is 35.2 Å². The number of rotatable bonds is 3. The molecule has 0 aliphatic carbocycles. The molecule has 3 N–H and O–H groups in total. The van der Waals surface area contributed by atoms with Gasteiger partial charge in [0.2, 0.25) is 5.95 Å². The third-order valence-corrected chi connectivity index (χ3v) is 5.73. The number of nitrogens with two attached hydrogens (primary N) is 1. The Kier molecular flexibility index (Phi) is 3.47. The lowest BCUT2D eigenvalue weighted by Crippen LogP contribution is -2.44. The summed E-state index contributed by atoms with van der Waals surface area (Å²) in [6.07, 6.45) is 2.19. The van der Waals surface area contributed by atoms with Crippen LogP contribution in [0, 0.1) is 0 Å². The Morgan fingerprint density at radius 3 is 2.58 bits per heavy atom. The number of hydrogen-bond donors (Lipinski definition) is 2. The minimum absolute atomic E-state index is 0.0898. The quantitative estimate of drug-likeness (QED) is 0.843. The average Bonchev–Trinajstić information content (AvgIpc) is 3.16. The number of piperazine rings is 1. The highest BCUT2D eigenvalue weighted by atomic mass is 32.2. The Bertz CT molecular complexity index is 885. The minimum atomic E-state index is -3.53. The molecule has 2 bridgehead atoms. The van der Waals surface area contributed by atoms with Crippen LogP contribution in [-0.2, 0) is 9.84 Å². The van der Waals surface area contributed by atoms with Crippen LogP contribution in [0.5, 0.6) is 0 Å². The molecule has 8 heteroatoms. The molecule has 7 nitrogen and oxygen atoms in total. The van der Waals surface area contributed by atoms with Crippen LogP contribution in [-0.4, -0.2) is 49.8 Å². The molecule has 4 rings (SSSR count). The van der Waals surface area contributed by atoms with Gasteiger partial charge in [-0.2, -0.15) is 4.98 Å². The molecule has 1 aromatic carbocycles. The maximum atomic E-state index is 12.6. The van der Waals surface area contributed by atoms with Crippen molar-refractivity contribution in [1.82, 2.24) is 15.3 Å². The van der Waals surface area contributed by atoms with E-state index in [-0.39, 0.29) is 16.9 Å². The van der Waals surface area contributed by atoms with Crippen molar-refractivity contribution in [1.29, 1.82) is 0 Å². The first-order valence-corrected chi connectivity index (χ1v) is 9.75. The lowest BCUT2D eigenvalue weighted by Gasteiger charge is -2.30. The molecule has 2 saturated heterocycles. The third-order valence-electron chi connectivity index (χ3n) is 4.61. The summed E-state index contributed by atoms with van der Waals surface area (Å²) in [5.74, 6) is 0.518. The van der Waals surface area contributed by atoms with Crippen molar-refractivity contribution >= 4 is 21.6 Å². The summed E-state index contributed by atoms with van der Waals surface area (Å²) >= 11 is 0.